The van der Waals surface area contributed by atoms with Crippen molar-refractivity contribution in [3.05, 3.63) is 65.2 Å². The lowest BCUT2D eigenvalue weighted by Gasteiger charge is -2.33. The molecule has 0 unspecified atom stereocenters. The number of nitrogens with two attached hydrogens (primary N) is 1. The topological polar surface area (TPSA) is 91.6 Å². The number of hydrogen-bond donors (Lipinski definition) is 2. The zero-order chi connectivity index (χ0) is 23.0. The number of hydrogen-bond acceptors (Lipinski definition) is 4. The molecule has 1 fully saturated rings. The number of nitrogens with one attached hydrogen (secondary N) is 1. The molecule has 5 rings (SSSR count). The maximum absolute atomic E-state index is 13.4. The molecule has 2 aromatic rings. The summed E-state index contributed by atoms with van der Waals surface area (Å²) in [6.07, 6.45) is 7.67. The van der Waals surface area contributed by atoms with E-state index in [9.17, 15) is 14.0 Å². The molecule has 172 valence electrons. The van der Waals surface area contributed by atoms with Crippen molar-refractivity contribution >= 4 is 23.2 Å². The summed E-state index contributed by atoms with van der Waals surface area (Å²) in [6, 6.07) is 8.90. The Balaban J connectivity index is 1.18. The van der Waals surface area contributed by atoms with E-state index in [1.165, 1.54) is 17.8 Å². The first kappa shape index (κ1) is 21.6. The van der Waals surface area contributed by atoms with Crippen LogP contribution in [0.3, 0.4) is 0 Å². The number of fused-ring (bicyclic) bond motifs is 1. The minimum atomic E-state index is -0.674. The molecule has 1 aliphatic carbocycles. The van der Waals surface area contributed by atoms with E-state index in [0.717, 1.165) is 48.9 Å². The van der Waals surface area contributed by atoms with Crippen LogP contribution in [0.5, 0.6) is 0 Å². The molecule has 3 N–H and O–H groups in total. The number of aromatic nitrogens is 1. The minimum Gasteiger partial charge on any atom is -0.337 e. The molecule has 3 aliphatic rings. The number of amides is 3. The predicted molar refractivity (Wildman–Crippen MR) is 123 cm³/mol. The summed E-state index contributed by atoms with van der Waals surface area (Å²) in [4.78, 5) is 33.0. The highest BCUT2D eigenvalue weighted by Crippen LogP contribution is 2.31. The van der Waals surface area contributed by atoms with Gasteiger partial charge in [-0.3, -0.25) is 9.78 Å². The molecule has 8 heteroatoms. The van der Waals surface area contributed by atoms with Gasteiger partial charge in [0, 0.05) is 25.3 Å². The van der Waals surface area contributed by atoms with Crippen molar-refractivity contribution in [3.63, 3.8) is 0 Å². The van der Waals surface area contributed by atoms with Crippen molar-refractivity contribution in [2.75, 3.05) is 18.4 Å². The Bertz CT molecular complexity index is 1110. The number of carbonyl (C=O) groups is 2. The van der Waals surface area contributed by atoms with Gasteiger partial charge in [-0.2, -0.15) is 0 Å². The Kier molecular flexibility index (Phi) is 5.62. The number of carbonyl (C=O) groups excluding carboxylic acids is 2. The van der Waals surface area contributed by atoms with Gasteiger partial charge in [-0.05, 0) is 54.2 Å². The van der Waals surface area contributed by atoms with Crippen LogP contribution in [0.1, 0.15) is 48.9 Å². The molecule has 1 aromatic carbocycles. The third-order valence-corrected chi connectivity index (χ3v) is 6.94. The second kappa shape index (κ2) is 8.59. The molecular weight excluding hydrogens is 421 g/mol. The summed E-state index contributed by atoms with van der Waals surface area (Å²) in [7, 11) is 0. The Morgan fingerprint density at radius 1 is 1.09 bits per heavy atom. The van der Waals surface area contributed by atoms with E-state index in [1.54, 1.807) is 4.90 Å². The number of anilines is 1. The first-order chi connectivity index (χ1) is 15.9. The first-order valence-electron chi connectivity index (χ1n) is 11.5. The lowest BCUT2D eigenvalue weighted by Crippen LogP contribution is -2.54. The summed E-state index contributed by atoms with van der Waals surface area (Å²) in [5.74, 6) is -0.312. The standard InChI is InChI=1S/C25H28FN5O2/c26-20-13-19-15-31(16-22(19)28-14-20)24(33)29-21-5-3-17(4-6-21)18-7-11-30(12-8-18)23(32)25(27)9-1-2-10-25/h3-7,13-14H,1-2,8-12,15-16,27H2,(H,29,33). The minimum absolute atomic E-state index is 0.0790. The molecule has 0 bridgehead atoms. The summed E-state index contributed by atoms with van der Waals surface area (Å²) < 4.78 is 13.4. The van der Waals surface area contributed by atoms with Gasteiger partial charge in [-0.25, -0.2) is 9.18 Å². The molecule has 3 heterocycles. The van der Waals surface area contributed by atoms with Crippen molar-refractivity contribution in [2.24, 2.45) is 5.73 Å². The van der Waals surface area contributed by atoms with E-state index in [1.807, 2.05) is 29.2 Å². The average Bonchev–Trinajstić information content (AvgIpc) is 3.46. The molecule has 0 spiro atoms. The van der Waals surface area contributed by atoms with Crippen LogP contribution in [0, 0.1) is 5.82 Å². The largest absolute Gasteiger partial charge is 0.337 e. The number of urea groups is 1. The van der Waals surface area contributed by atoms with E-state index >= 15 is 0 Å². The quantitative estimate of drug-likeness (QED) is 0.748. The normalized spacial score (nSPS) is 19.3. The fraction of sp³-hybridized carbons (Fsp3) is 0.400. The molecule has 2 aliphatic heterocycles. The number of rotatable bonds is 3. The summed E-state index contributed by atoms with van der Waals surface area (Å²) >= 11 is 0. The molecule has 7 nitrogen and oxygen atoms in total. The fourth-order valence-electron chi connectivity index (χ4n) is 5.00. The van der Waals surface area contributed by atoms with Crippen LogP contribution in [-0.4, -0.2) is 45.4 Å². The SMILES string of the molecule is NC1(C(=O)N2CC=C(c3ccc(NC(=O)N4Cc5cc(F)cnc5C4)cc3)CC2)CCCC1. The summed E-state index contributed by atoms with van der Waals surface area (Å²) in [5, 5.41) is 2.90. The van der Waals surface area contributed by atoms with Crippen LogP contribution < -0.4 is 11.1 Å². The monoisotopic (exact) mass is 449 g/mol. The number of benzene rings is 1. The number of nitrogens with zero attached hydrogens (tertiary/aromatic N) is 3. The molecule has 33 heavy (non-hydrogen) atoms. The Labute approximate surface area is 192 Å². The molecule has 0 saturated heterocycles. The second-order valence-corrected chi connectivity index (χ2v) is 9.22. The van der Waals surface area contributed by atoms with Gasteiger partial charge in [0.2, 0.25) is 5.91 Å². The Morgan fingerprint density at radius 3 is 2.55 bits per heavy atom. The van der Waals surface area contributed by atoms with Crippen LogP contribution in [-0.2, 0) is 17.9 Å². The van der Waals surface area contributed by atoms with Gasteiger partial charge in [-0.1, -0.05) is 31.1 Å². The van der Waals surface area contributed by atoms with Gasteiger partial charge in [0.15, 0.2) is 0 Å². The molecule has 0 radical (unpaired) electrons. The van der Waals surface area contributed by atoms with Crippen molar-refractivity contribution in [3.8, 4) is 0 Å². The van der Waals surface area contributed by atoms with Crippen molar-refractivity contribution in [1.82, 2.24) is 14.8 Å². The number of halogens is 1. The van der Waals surface area contributed by atoms with Gasteiger partial charge in [0.1, 0.15) is 5.82 Å². The van der Waals surface area contributed by atoms with Gasteiger partial charge in [-0.15, -0.1) is 0 Å². The second-order valence-electron chi connectivity index (χ2n) is 9.22. The van der Waals surface area contributed by atoms with Gasteiger partial charge in [0.05, 0.1) is 24.0 Å². The predicted octanol–water partition coefficient (Wildman–Crippen LogP) is 3.66. The fourth-order valence-corrected chi connectivity index (χ4v) is 5.00. The average molecular weight is 450 g/mol. The molecule has 1 saturated carbocycles. The van der Waals surface area contributed by atoms with Gasteiger partial charge < -0.3 is 20.9 Å². The van der Waals surface area contributed by atoms with Crippen molar-refractivity contribution in [2.45, 2.75) is 50.7 Å². The van der Waals surface area contributed by atoms with E-state index in [0.29, 0.717) is 31.9 Å². The lowest BCUT2D eigenvalue weighted by molar-refractivity contribution is -0.136. The maximum Gasteiger partial charge on any atom is 0.322 e. The zero-order valence-electron chi connectivity index (χ0n) is 18.5. The number of pyridine rings is 1. The smallest absolute Gasteiger partial charge is 0.322 e. The summed E-state index contributed by atoms with van der Waals surface area (Å²) in [6.45, 7) is 1.96. The maximum atomic E-state index is 13.4. The molecular formula is C25H28FN5O2. The van der Waals surface area contributed by atoms with E-state index in [-0.39, 0.29) is 11.9 Å². The van der Waals surface area contributed by atoms with E-state index < -0.39 is 11.4 Å². The van der Waals surface area contributed by atoms with Crippen LogP contribution in [0.25, 0.3) is 5.57 Å². The summed E-state index contributed by atoms with van der Waals surface area (Å²) in [5.41, 5.74) is 10.1. The third kappa shape index (κ3) is 4.35. The molecule has 1 aromatic heterocycles. The van der Waals surface area contributed by atoms with Gasteiger partial charge in [0.25, 0.3) is 0 Å². The highest BCUT2D eigenvalue weighted by Gasteiger charge is 2.40. The highest BCUT2D eigenvalue weighted by molar-refractivity contribution is 5.90. The van der Waals surface area contributed by atoms with Crippen LogP contribution in [0.2, 0.25) is 0 Å². The van der Waals surface area contributed by atoms with E-state index in [2.05, 4.69) is 16.4 Å². The molecule has 0 atom stereocenters. The van der Waals surface area contributed by atoms with E-state index in [4.69, 9.17) is 5.73 Å². The first-order valence-corrected chi connectivity index (χ1v) is 11.5. The van der Waals surface area contributed by atoms with Crippen LogP contribution >= 0.6 is 0 Å². The molecule has 3 amide bonds. The lowest BCUT2D eigenvalue weighted by atomic mass is 9.94. The van der Waals surface area contributed by atoms with Crippen molar-refractivity contribution < 1.29 is 14.0 Å². The third-order valence-electron chi connectivity index (χ3n) is 6.94. The Morgan fingerprint density at radius 2 is 1.85 bits per heavy atom. The van der Waals surface area contributed by atoms with Crippen LogP contribution in [0.4, 0.5) is 14.9 Å². The van der Waals surface area contributed by atoms with Gasteiger partial charge >= 0.3 is 6.03 Å². The highest BCUT2D eigenvalue weighted by atomic mass is 19.1. The zero-order valence-corrected chi connectivity index (χ0v) is 18.5. The Hall–Kier alpha value is -3.26. The van der Waals surface area contributed by atoms with Crippen molar-refractivity contribution in [1.29, 1.82) is 0 Å². The van der Waals surface area contributed by atoms with Crippen LogP contribution in [0.15, 0.2) is 42.6 Å².